The summed E-state index contributed by atoms with van der Waals surface area (Å²) in [4.78, 5) is 0. The van der Waals surface area contributed by atoms with Crippen LogP contribution in [0.4, 0.5) is 0 Å². The third-order valence-electron chi connectivity index (χ3n) is 2.78. The van der Waals surface area contributed by atoms with Crippen molar-refractivity contribution in [2.75, 3.05) is 6.54 Å². The van der Waals surface area contributed by atoms with Crippen LogP contribution >= 0.6 is 22.6 Å². The Morgan fingerprint density at radius 1 is 1.32 bits per heavy atom. The molecule has 0 saturated carbocycles. The highest BCUT2D eigenvalue weighted by molar-refractivity contribution is 14.1. The van der Waals surface area contributed by atoms with Crippen LogP contribution in [0.15, 0.2) is 34.7 Å². The molecule has 0 bridgehead atoms. The quantitative estimate of drug-likeness (QED) is 0.783. The van der Waals surface area contributed by atoms with Gasteiger partial charge < -0.3 is 14.5 Å². The third kappa shape index (κ3) is 4.24. The average Bonchev–Trinajstić information content (AvgIpc) is 2.75. The van der Waals surface area contributed by atoms with Crippen molar-refractivity contribution in [3.8, 4) is 5.75 Å². The van der Waals surface area contributed by atoms with Crippen molar-refractivity contribution in [3.05, 3.63) is 51.0 Å². The number of benzene rings is 1. The van der Waals surface area contributed by atoms with Gasteiger partial charge in [0.25, 0.3) is 0 Å². The van der Waals surface area contributed by atoms with Crippen LogP contribution in [0, 0.1) is 10.5 Å². The molecule has 0 fully saturated rings. The van der Waals surface area contributed by atoms with E-state index >= 15 is 0 Å². The largest absolute Gasteiger partial charge is 0.486 e. The van der Waals surface area contributed by atoms with E-state index in [2.05, 4.69) is 41.8 Å². The number of halogens is 1. The molecule has 102 valence electrons. The lowest BCUT2D eigenvalue weighted by atomic mass is 10.2. The van der Waals surface area contributed by atoms with E-state index in [4.69, 9.17) is 9.15 Å². The zero-order valence-electron chi connectivity index (χ0n) is 11.2. The minimum atomic E-state index is 0.465. The molecule has 1 aromatic heterocycles. The Morgan fingerprint density at radius 3 is 2.89 bits per heavy atom. The lowest BCUT2D eigenvalue weighted by molar-refractivity contribution is 0.265. The molecule has 0 aliphatic heterocycles. The van der Waals surface area contributed by atoms with Gasteiger partial charge in [-0.3, -0.25) is 0 Å². The van der Waals surface area contributed by atoms with Crippen molar-refractivity contribution in [3.63, 3.8) is 0 Å². The summed E-state index contributed by atoms with van der Waals surface area (Å²) in [6.45, 7) is 6.32. The van der Waals surface area contributed by atoms with Gasteiger partial charge in [0, 0.05) is 3.57 Å². The summed E-state index contributed by atoms with van der Waals surface area (Å²) in [6.07, 6.45) is 0. The van der Waals surface area contributed by atoms with Gasteiger partial charge in [-0.2, -0.15) is 0 Å². The Bertz CT molecular complexity index is 537. The number of hydrogen-bond donors (Lipinski definition) is 1. The van der Waals surface area contributed by atoms with Gasteiger partial charge in [0.05, 0.1) is 6.54 Å². The maximum atomic E-state index is 5.78. The number of furan rings is 1. The fourth-order valence-electron chi connectivity index (χ4n) is 1.79. The smallest absolute Gasteiger partial charge is 0.146 e. The first-order chi connectivity index (χ1) is 9.19. The van der Waals surface area contributed by atoms with Crippen LogP contribution in [0.1, 0.15) is 24.0 Å². The average molecular weight is 371 g/mol. The summed E-state index contributed by atoms with van der Waals surface area (Å²) in [5.74, 6) is 2.72. The molecule has 1 aromatic carbocycles. The molecule has 0 radical (unpaired) electrons. The fourth-order valence-corrected chi connectivity index (χ4v) is 2.30. The van der Waals surface area contributed by atoms with Crippen LogP contribution in [0.3, 0.4) is 0 Å². The van der Waals surface area contributed by atoms with Crippen LogP contribution in [-0.2, 0) is 13.2 Å². The summed E-state index contributed by atoms with van der Waals surface area (Å²) in [5, 5.41) is 3.26. The Labute approximate surface area is 127 Å². The predicted molar refractivity (Wildman–Crippen MR) is 84.3 cm³/mol. The van der Waals surface area contributed by atoms with Gasteiger partial charge in [-0.1, -0.05) is 13.0 Å². The Kier molecular flexibility index (Phi) is 5.27. The van der Waals surface area contributed by atoms with E-state index in [1.54, 1.807) is 0 Å². The summed E-state index contributed by atoms with van der Waals surface area (Å²) in [6, 6.07) is 10.0. The predicted octanol–water partition coefficient (Wildman–Crippen LogP) is 3.88. The van der Waals surface area contributed by atoms with Crippen LogP contribution in [0.25, 0.3) is 0 Å². The third-order valence-corrected chi connectivity index (χ3v) is 3.46. The highest BCUT2D eigenvalue weighted by Gasteiger charge is 2.07. The summed E-state index contributed by atoms with van der Waals surface area (Å²) in [5.41, 5.74) is 1.17. The molecule has 3 nitrogen and oxygen atoms in total. The Balaban J connectivity index is 1.96. The fraction of sp³-hybridized carbons (Fsp3) is 0.333. The normalized spacial score (nSPS) is 10.7. The number of rotatable bonds is 6. The van der Waals surface area contributed by atoms with Crippen LogP contribution in [0.5, 0.6) is 5.75 Å². The molecule has 19 heavy (non-hydrogen) atoms. The van der Waals surface area contributed by atoms with E-state index in [1.807, 2.05) is 30.3 Å². The SMILES string of the molecule is CCNCc1oc(COc2cccc(I)c2)cc1C. The van der Waals surface area contributed by atoms with Crippen LogP contribution in [-0.4, -0.2) is 6.54 Å². The van der Waals surface area contributed by atoms with Gasteiger partial charge in [0.1, 0.15) is 23.9 Å². The van der Waals surface area contributed by atoms with Crippen molar-refractivity contribution in [1.82, 2.24) is 5.32 Å². The maximum absolute atomic E-state index is 5.78. The van der Waals surface area contributed by atoms with Gasteiger partial charge in [-0.05, 0) is 65.9 Å². The van der Waals surface area contributed by atoms with E-state index in [1.165, 1.54) is 9.13 Å². The first-order valence-electron chi connectivity index (χ1n) is 6.36. The molecule has 0 unspecified atom stereocenters. The number of nitrogens with one attached hydrogen (secondary N) is 1. The van der Waals surface area contributed by atoms with E-state index in [0.717, 1.165) is 30.4 Å². The zero-order chi connectivity index (χ0) is 13.7. The molecular weight excluding hydrogens is 353 g/mol. The van der Waals surface area contributed by atoms with Crippen LogP contribution < -0.4 is 10.1 Å². The summed E-state index contributed by atoms with van der Waals surface area (Å²) < 4.78 is 12.7. The van der Waals surface area contributed by atoms with Gasteiger partial charge >= 0.3 is 0 Å². The second kappa shape index (κ2) is 6.96. The summed E-state index contributed by atoms with van der Waals surface area (Å²) >= 11 is 2.27. The topological polar surface area (TPSA) is 34.4 Å². The molecule has 0 aliphatic rings. The maximum Gasteiger partial charge on any atom is 0.146 e. The molecule has 0 spiro atoms. The second-order valence-electron chi connectivity index (χ2n) is 4.35. The molecule has 0 saturated heterocycles. The molecule has 0 atom stereocenters. The van der Waals surface area contributed by atoms with Gasteiger partial charge in [-0.15, -0.1) is 0 Å². The van der Waals surface area contributed by atoms with Crippen LogP contribution in [0.2, 0.25) is 0 Å². The zero-order valence-corrected chi connectivity index (χ0v) is 13.4. The minimum absolute atomic E-state index is 0.465. The van der Waals surface area contributed by atoms with E-state index in [0.29, 0.717) is 6.61 Å². The van der Waals surface area contributed by atoms with E-state index < -0.39 is 0 Å². The van der Waals surface area contributed by atoms with Crippen molar-refractivity contribution in [1.29, 1.82) is 0 Å². The molecule has 4 heteroatoms. The lowest BCUT2D eigenvalue weighted by Crippen LogP contribution is -2.11. The Morgan fingerprint density at radius 2 is 2.16 bits per heavy atom. The molecule has 1 N–H and O–H groups in total. The second-order valence-corrected chi connectivity index (χ2v) is 5.59. The van der Waals surface area contributed by atoms with Gasteiger partial charge in [0.2, 0.25) is 0 Å². The lowest BCUT2D eigenvalue weighted by Gasteiger charge is -2.04. The Hall–Kier alpha value is -1.01. The molecule has 2 aromatic rings. The van der Waals surface area contributed by atoms with Gasteiger partial charge in [0.15, 0.2) is 0 Å². The molecule has 2 rings (SSSR count). The highest BCUT2D eigenvalue weighted by Crippen LogP contribution is 2.19. The number of hydrogen-bond acceptors (Lipinski definition) is 3. The summed E-state index contributed by atoms with van der Waals surface area (Å²) in [7, 11) is 0. The van der Waals surface area contributed by atoms with Crippen molar-refractivity contribution in [2.24, 2.45) is 0 Å². The number of aryl methyl sites for hydroxylation is 1. The molecule has 0 aliphatic carbocycles. The molecular formula is C15H18INO2. The monoisotopic (exact) mass is 371 g/mol. The number of ether oxygens (including phenoxy) is 1. The molecule has 0 amide bonds. The standard InChI is InChI=1S/C15H18INO2/c1-3-17-9-15-11(2)7-14(19-15)10-18-13-6-4-5-12(16)8-13/h4-8,17H,3,9-10H2,1-2H3. The minimum Gasteiger partial charge on any atom is -0.486 e. The van der Waals surface area contributed by atoms with E-state index in [9.17, 15) is 0 Å². The van der Waals surface area contributed by atoms with Gasteiger partial charge in [-0.25, -0.2) is 0 Å². The highest BCUT2D eigenvalue weighted by atomic mass is 127. The first-order valence-corrected chi connectivity index (χ1v) is 7.44. The van der Waals surface area contributed by atoms with Crippen molar-refractivity contribution in [2.45, 2.75) is 27.0 Å². The molecule has 1 heterocycles. The van der Waals surface area contributed by atoms with E-state index in [-0.39, 0.29) is 0 Å². The first kappa shape index (κ1) is 14.4. The van der Waals surface area contributed by atoms with Crippen molar-refractivity contribution >= 4 is 22.6 Å². The van der Waals surface area contributed by atoms with Crippen molar-refractivity contribution < 1.29 is 9.15 Å².